The van der Waals surface area contributed by atoms with Crippen LogP contribution < -0.4 is 21.3 Å². The van der Waals surface area contributed by atoms with Gasteiger partial charge in [-0.05, 0) is 161 Å². The van der Waals surface area contributed by atoms with E-state index in [1.807, 2.05) is 109 Å². The third-order valence-corrected chi connectivity index (χ3v) is 13.0. The Kier molecular flexibility index (Phi) is 19.4. The largest absolute Gasteiger partial charge is 0.395 e. The number of pyridine rings is 4. The number of hydrogen-bond acceptors (Lipinski definition) is 18. The van der Waals surface area contributed by atoms with Gasteiger partial charge in [0.15, 0.2) is 0 Å². The normalized spacial score (nSPS) is 10.9. The molecular formula is C55H54Cl4N20O2. The standard InChI is InChI=1S/C15H16ClN5O.C14H14ClN5O.2C13H12ClN5/c1-10-9-21(6-7-22)14-12(10)13(19-15(16)20-14)18-8-11-2-4-17-5-3-11;15-14-18-12(17-9-10-1-4-16-5-2-10)11-3-6-20(7-8-21)13(11)19-14;1-8-6-16-11-10(8)12(19-13(14)18-11)17-7-9-2-4-15-5-3-9;1-8-6-10-11(18-13(14)19-12(10)17-8)16-7-9-2-4-15-5-3-9/h2-5,9,22H,6-8H2,1H3,(H,18,19,20);1-6,21H,7-9H2,(H,17,18,19);2*2-6H,7H2,1H3,(H2,16,17,18,19). The minimum atomic E-state index is 0.0462. The second kappa shape index (κ2) is 27.5. The quantitative estimate of drug-likeness (QED) is 0.0417. The Morgan fingerprint density at radius 3 is 1.38 bits per heavy atom. The highest BCUT2D eigenvalue weighted by Crippen LogP contribution is 2.29. The fourth-order valence-electron chi connectivity index (χ4n) is 8.50. The number of halogens is 4. The first-order valence-corrected chi connectivity index (χ1v) is 26.8. The van der Waals surface area contributed by atoms with Crippen LogP contribution in [0.1, 0.15) is 39.1 Å². The zero-order chi connectivity index (χ0) is 56.7. The molecule has 26 heteroatoms. The van der Waals surface area contributed by atoms with E-state index in [0.29, 0.717) is 56.6 Å². The number of aryl methyl sites for hydroxylation is 3. The molecule has 8 N–H and O–H groups in total. The van der Waals surface area contributed by atoms with Gasteiger partial charge in [-0.1, -0.05) is 0 Å². The number of aliphatic hydroxyl groups is 2. The van der Waals surface area contributed by atoms with Gasteiger partial charge in [0.05, 0.1) is 34.8 Å². The molecule has 0 aromatic carbocycles. The Morgan fingerprint density at radius 1 is 0.457 bits per heavy atom. The first kappa shape index (κ1) is 57.1. The number of rotatable bonds is 16. The molecule has 0 aliphatic carbocycles. The number of hydrogen-bond donors (Lipinski definition) is 8. The summed E-state index contributed by atoms with van der Waals surface area (Å²) < 4.78 is 3.73. The van der Waals surface area contributed by atoms with Gasteiger partial charge in [0, 0.05) is 113 Å². The lowest BCUT2D eigenvalue weighted by Gasteiger charge is -2.09. The average Bonchev–Trinajstić information content (AvgIpc) is 4.48. The third-order valence-electron chi connectivity index (χ3n) is 12.3. The number of aromatic nitrogens is 16. The highest BCUT2D eigenvalue weighted by Gasteiger charge is 2.16. The van der Waals surface area contributed by atoms with Crippen molar-refractivity contribution < 1.29 is 10.2 Å². The second-order valence-corrected chi connectivity index (χ2v) is 19.4. The molecule has 0 saturated carbocycles. The molecule has 0 bridgehead atoms. The van der Waals surface area contributed by atoms with Gasteiger partial charge in [-0.25, -0.2) is 19.9 Å². The first-order valence-electron chi connectivity index (χ1n) is 25.2. The molecule has 12 heterocycles. The lowest BCUT2D eigenvalue weighted by atomic mass is 10.2. The summed E-state index contributed by atoms with van der Waals surface area (Å²) in [6, 6.07) is 19.5. The molecule has 0 radical (unpaired) electrons. The molecule has 0 unspecified atom stereocenters. The van der Waals surface area contributed by atoms with Crippen molar-refractivity contribution in [1.29, 1.82) is 0 Å². The lowest BCUT2D eigenvalue weighted by Crippen LogP contribution is -2.05. The van der Waals surface area contributed by atoms with Gasteiger partial charge in [0.2, 0.25) is 21.1 Å². The van der Waals surface area contributed by atoms with Crippen molar-refractivity contribution in [3.63, 3.8) is 0 Å². The molecule has 0 aliphatic rings. The molecule has 414 valence electrons. The van der Waals surface area contributed by atoms with Crippen LogP contribution in [-0.4, -0.2) is 102 Å². The Balaban J connectivity index is 0.000000131. The van der Waals surface area contributed by atoms with E-state index in [-0.39, 0.29) is 34.3 Å². The zero-order valence-corrected chi connectivity index (χ0v) is 47.0. The minimum Gasteiger partial charge on any atom is -0.395 e. The molecule has 0 fully saturated rings. The SMILES string of the molecule is Cc1c[nH]c2nc(Cl)nc(NCc3ccncc3)c12.Cc1cc2c(NCc3ccncc3)nc(Cl)nc2[nH]1.Cc1cn(CCO)c2nc(Cl)nc(NCc3ccncc3)c12.OCCn1ccc2c(NCc3ccncc3)nc(Cl)nc21. The van der Waals surface area contributed by atoms with Crippen molar-refractivity contribution in [1.82, 2.24) is 78.9 Å². The van der Waals surface area contributed by atoms with Crippen LogP contribution in [0.5, 0.6) is 0 Å². The molecule has 0 aliphatic heterocycles. The Bertz CT molecular complexity index is 3970. The van der Waals surface area contributed by atoms with Gasteiger partial charge in [-0.3, -0.25) is 19.9 Å². The van der Waals surface area contributed by atoms with E-state index in [4.69, 9.17) is 56.6 Å². The maximum atomic E-state index is 9.16. The molecule has 0 amide bonds. The summed E-state index contributed by atoms with van der Waals surface area (Å²) in [7, 11) is 0. The highest BCUT2D eigenvalue weighted by molar-refractivity contribution is 6.29. The number of anilines is 4. The Morgan fingerprint density at radius 2 is 0.877 bits per heavy atom. The van der Waals surface area contributed by atoms with E-state index in [1.165, 1.54) is 0 Å². The predicted octanol–water partition coefficient (Wildman–Crippen LogP) is 10.3. The Labute approximate surface area is 483 Å². The molecule has 12 aromatic rings. The van der Waals surface area contributed by atoms with Gasteiger partial charge in [0.1, 0.15) is 45.9 Å². The summed E-state index contributed by atoms with van der Waals surface area (Å²) in [6.45, 7) is 9.58. The summed E-state index contributed by atoms with van der Waals surface area (Å²) in [5, 5.41) is 35.9. The lowest BCUT2D eigenvalue weighted by molar-refractivity contribution is 0.277. The highest BCUT2D eigenvalue weighted by atomic mass is 35.5. The van der Waals surface area contributed by atoms with Crippen molar-refractivity contribution >= 4 is 114 Å². The summed E-state index contributed by atoms with van der Waals surface area (Å²) in [6.07, 6.45) is 19.8. The van der Waals surface area contributed by atoms with Crippen LogP contribution in [0.3, 0.4) is 0 Å². The van der Waals surface area contributed by atoms with E-state index in [2.05, 4.69) is 91.0 Å². The van der Waals surface area contributed by atoms with Gasteiger partial charge in [0.25, 0.3) is 0 Å². The number of aliphatic hydroxyl groups excluding tert-OH is 2. The monoisotopic (exact) mass is 1170 g/mol. The average molecular weight is 1170 g/mol. The first-order chi connectivity index (χ1) is 39.4. The number of H-pyrrole nitrogens is 2. The fraction of sp³-hybridized carbons (Fsp3) is 0.200. The maximum absolute atomic E-state index is 9.16. The number of fused-ring (bicyclic) bond motifs is 4. The van der Waals surface area contributed by atoms with Crippen LogP contribution in [0.2, 0.25) is 21.1 Å². The van der Waals surface area contributed by atoms with Crippen molar-refractivity contribution in [3.05, 3.63) is 189 Å². The van der Waals surface area contributed by atoms with Crippen LogP contribution in [0.15, 0.2) is 129 Å². The summed E-state index contributed by atoms with van der Waals surface area (Å²) in [5.74, 6) is 2.85. The van der Waals surface area contributed by atoms with Crippen LogP contribution >= 0.6 is 46.4 Å². The zero-order valence-electron chi connectivity index (χ0n) is 43.9. The van der Waals surface area contributed by atoms with E-state index in [9.17, 15) is 0 Å². The predicted molar refractivity (Wildman–Crippen MR) is 318 cm³/mol. The molecule has 0 saturated heterocycles. The van der Waals surface area contributed by atoms with Crippen LogP contribution in [0.4, 0.5) is 23.3 Å². The van der Waals surface area contributed by atoms with Crippen LogP contribution in [-0.2, 0) is 39.3 Å². The topological polar surface area (TPSA) is 285 Å². The minimum absolute atomic E-state index is 0.0462. The molecular weight excluding hydrogens is 1110 g/mol. The number of aromatic amines is 2. The molecule has 12 aromatic heterocycles. The van der Waals surface area contributed by atoms with Crippen molar-refractivity contribution in [2.45, 2.75) is 60.0 Å². The fourth-order valence-corrected chi connectivity index (χ4v) is 9.17. The summed E-state index contributed by atoms with van der Waals surface area (Å²) >= 11 is 23.9. The smallest absolute Gasteiger partial charge is 0.226 e. The van der Waals surface area contributed by atoms with E-state index < -0.39 is 0 Å². The van der Waals surface area contributed by atoms with Crippen LogP contribution in [0.25, 0.3) is 44.1 Å². The van der Waals surface area contributed by atoms with Crippen molar-refractivity contribution in [2.75, 3.05) is 34.5 Å². The van der Waals surface area contributed by atoms with E-state index >= 15 is 0 Å². The Hall–Kier alpha value is -8.64. The molecule has 12 rings (SSSR count). The van der Waals surface area contributed by atoms with Gasteiger partial charge in [-0.2, -0.15) is 19.9 Å². The molecule has 81 heavy (non-hydrogen) atoms. The van der Waals surface area contributed by atoms with Gasteiger partial charge in [-0.15, -0.1) is 0 Å². The maximum Gasteiger partial charge on any atom is 0.226 e. The molecule has 0 atom stereocenters. The number of nitrogens with one attached hydrogen (secondary N) is 6. The third kappa shape index (κ3) is 15.0. The van der Waals surface area contributed by atoms with Gasteiger partial charge < -0.3 is 50.6 Å². The summed E-state index contributed by atoms with van der Waals surface area (Å²) in [4.78, 5) is 56.1. The summed E-state index contributed by atoms with van der Waals surface area (Å²) in [5.41, 5.74) is 10.5. The molecule has 22 nitrogen and oxygen atoms in total. The van der Waals surface area contributed by atoms with E-state index in [0.717, 1.165) is 89.2 Å². The second-order valence-electron chi connectivity index (χ2n) is 18.0. The van der Waals surface area contributed by atoms with Crippen LogP contribution in [0, 0.1) is 20.8 Å². The van der Waals surface area contributed by atoms with Crippen molar-refractivity contribution in [3.8, 4) is 0 Å². The number of nitrogens with zero attached hydrogens (tertiary/aromatic N) is 14. The molecule has 0 spiro atoms. The van der Waals surface area contributed by atoms with Gasteiger partial charge >= 0.3 is 0 Å². The van der Waals surface area contributed by atoms with Crippen molar-refractivity contribution in [2.24, 2.45) is 0 Å². The van der Waals surface area contributed by atoms with E-state index in [1.54, 1.807) is 49.6 Å².